The minimum atomic E-state index is -0.472. The lowest BCUT2D eigenvalue weighted by molar-refractivity contribution is -0.141. The van der Waals surface area contributed by atoms with Crippen molar-refractivity contribution in [3.05, 3.63) is 45.9 Å². The van der Waals surface area contributed by atoms with E-state index in [1.54, 1.807) is 6.07 Å². The highest BCUT2D eigenvalue weighted by Gasteiger charge is 2.36. The Morgan fingerprint density at radius 1 is 1.35 bits per heavy atom. The molecule has 1 heterocycles. The van der Waals surface area contributed by atoms with Crippen LogP contribution < -0.4 is 0 Å². The van der Waals surface area contributed by atoms with Gasteiger partial charge < -0.3 is 4.74 Å². The zero-order chi connectivity index (χ0) is 12.0. The third-order valence-corrected chi connectivity index (χ3v) is 3.99. The quantitative estimate of drug-likeness (QED) is 0.724. The number of carbonyl (C=O) groups is 1. The molecule has 0 radical (unpaired) electrons. The van der Waals surface area contributed by atoms with E-state index < -0.39 is 5.92 Å². The van der Waals surface area contributed by atoms with Gasteiger partial charge in [-0.3, -0.25) is 4.79 Å². The van der Waals surface area contributed by atoms with Crippen LogP contribution in [0, 0.1) is 5.82 Å². The van der Waals surface area contributed by atoms with Gasteiger partial charge in [0.2, 0.25) is 0 Å². The number of hydrogen-bond acceptors (Lipinski definition) is 3. The molecule has 0 N–H and O–H groups in total. The molecule has 0 saturated carbocycles. The Morgan fingerprint density at radius 3 is 2.94 bits per heavy atom. The summed E-state index contributed by atoms with van der Waals surface area (Å²) in [4.78, 5) is 12.8. The van der Waals surface area contributed by atoms with Crippen LogP contribution in [-0.2, 0) is 9.53 Å². The third kappa shape index (κ3) is 1.41. The highest BCUT2D eigenvalue weighted by molar-refractivity contribution is 7.10. The average Bonchev–Trinajstić information content (AvgIpc) is 2.87. The predicted molar refractivity (Wildman–Crippen MR) is 63.6 cm³/mol. The molecule has 0 saturated heterocycles. The van der Waals surface area contributed by atoms with Gasteiger partial charge in [-0.2, -0.15) is 0 Å². The topological polar surface area (TPSA) is 26.3 Å². The zero-order valence-electron chi connectivity index (χ0n) is 9.07. The van der Waals surface area contributed by atoms with Crippen LogP contribution in [0.1, 0.15) is 16.4 Å². The monoisotopic (exact) mass is 248 g/mol. The highest BCUT2D eigenvalue weighted by Crippen LogP contribution is 2.48. The van der Waals surface area contributed by atoms with E-state index in [2.05, 4.69) is 0 Å². The first-order valence-corrected chi connectivity index (χ1v) is 6.05. The fraction of sp³-hybridized carbons (Fsp3) is 0.154. The van der Waals surface area contributed by atoms with Crippen molar-refractivity contribution in [2.45, 2.75) is 5.92 Å². The second kappa shape index (κ2) is 3.67. The maximum absolute atomic E-state index is 13.3. The largest absolute Gasteiger partial charge is 0.468 e. The molecule has 1 aliphatic rings. The van der Waals surface area contributed by atoms with Gasteiger partial charge in [-0.15, -0.1) is 11.3 Å². The lowest BCUT2D eigenvalue weighted by Crippen LogP contribution is -2.12. The van der Waals surface area contributed by atoms with E-state index in [4.69, 9.17) is 4.74 Å². The minimum Gasteiger partial charge on any atom is -0.468 e. The van der Waals surface area contributed by atoms with Crippen molar-refractivity contribution in [3.8, 4) is 11.1 Å². The van der Waals surface area contributed by atoms with Crippen molar-refractivity contribution in [1.82, 2.24) is 0 Å². The fourth-order valence-electron chi connectivity index (χ4n) is 2.28. The molecule has 3 rings (SSSR count). The fourth-order valence-corrected chi connectivity index (χ4v) is 3.29. The van der Waals surface area contributed by atoms with Crippen molar-refractivity contribution in [2.75, 3.05) is 7.11 Å². The van der Waals surface area contributed by atoms with Crippen LogP contribution >= 0.6 is 11.3 Å². The van der Waals surface area contributed by atoms with E-state index in [-0.39, 0.29) is 11.8 Å². The van der Waals surface area contributed by atoms with E-state index in [1.807, 2.05) is 11.4 Å². The summed E-state index contributed by atoms with van der Waals surface area (Å²) >= 11 is 1.50. The number of carbonyl (C=O) groups excluding carboxylic acids is 1. The second-order valence-electron chi connectivity index (χ2n) is 3.89. The molecule has 4 heteroatoms. The van der Waals surface area contributed by atoms with Crippen LogP contribution in [-0.4, -0.2) is 13.1 Å². The summed E-state index contributed by atoms with van der Waals surface area (Å²) in [6, 6.07) is 6.52. The maximum Gasteiger partial charge on any atom is 0.318 e. The van der Waals surface area contributed by atoms with Gasteiger partial charge in [-0.05, 0) is 40.3 Å². The number of hydrogen-bond donors (Lipinski definition) is 0. The minimum absolute atomic E-state index is 0.326. The highest BCUT2D eigenvalue weighted by atomic mass is 32.1. The van der Waals surface area contributed by atoms with E-state index in [0.717, 1.165) is 16.0 Å². The molecular weight excluding hydrogens is 239 g/mol. The lowest BCUT2D eigenvalue weighted by atomic mass is 10.0. The average molecular weight is 248 g/mol. The Morgan fingerprint density at radius 2 is 2.18 bits per heavy atom. The molecule has 1 atom stereocenters. The van der Waals surface area contributed by atoms with Gasteiger partial charge in [0.1, 0.15) is 11.7 Å². The van der Waals surface area contributed by atoms with E-state index in [0.29, 0.717) is 5.56 Å². The number of thiophene rings is 1. The Kier molecular flexibility index (Phi) is 2.26. The molecule has 0 aliphatic heterocycles. The van der Waals surface area contributed by atoms with Crippen LogP contribution in [0.3, 0.4) is 0 Å². The van der Waals surface area contributed by atoms with Gasteiger partial charge in [0, 0.05) is 4.88 Å². The zero-order valence-corrected chi connectivity index (χ0v) is 9.88. The Balaban J connectivity index is 2.25. The molecule has 86 valence electrons. The van der Waals surface area contributed by atoms with Gasteiger partial charge in [0.25, 0.3) is 0 Å². The first-order valence-electron chi connectivity index (χ1n) is 5.17. The Labute approximate surface area is 102 Å². The molecule has 0 fully saturated rings. The standard InChI is InChI=1S/C13H9FO2S/c1-16-13(15)11-10-6-7(14)2-3-8(10)9-4-5-17-12(9)11/h2-6,11H,1H3. The molecule has 1 aliphatic carbocycles. The summed E-state index contributed by atoms with van der Waals surface area (Å²) in [6.45, 7) is 0. The molecule has 2 aromatic rings. The summed E-state index contributed by atoms with van der Waals surface area (Å²) in [5, 5.41) is 1.94. The van der Waals surface area contributed by atoms with Crippen LogP contribution in [0.5, 0.6) is 0 Å². The lowest BCUT2D eigenvalue weighted by Gasteiger charge is -2.09. The number of esters is 1. The third-order valence-electron chi connectivity index (χ3n) is 3.01. The Bertz CT molecular complexity index is 603. The van der Waals surface area contributed by atoms with Crippen LogP contribution in [0.25, 0.3) is 11.1 Å². The van der Waals surface area contributed by atoms with Gasteiger partial charge in [-0.1, -0.05) is 6.07 Å². The first kappa shape index (κ1) is 10.5. The molecule has 17 heavy (non-hydrogen) atoms. The van der Waals surface area contributed by atoms with Crippen molar-refractivity contribution in [3.63, 3.8) is 0 Å². The van der Waals surface area contributed by atoms with Gasteiger partial charge in [-0.25, -0.2) is 4.39 Å². The summed E-state index contributed by atoms with van der Waals surface area (Å²) < 4.78 is 18.1. The van der Waals surface area contributed by atoms with Crippen molar-refractivity contribution in [2.24, 2.45) is 0 Å². The summed E-state index contributed by atoms with van der Waals surface area (Å²) in [6.07, 6.45) is 0. The SMILES string of the molecule is COC(=O)C1c2cc(F)ccc2-c2ccsc21. The van der Waals surface area contributed by atoms with Gasteiger partial charge >= 0.3 is 5.97 Å². The summed E-state index contributed by atoms with van der Waals surface area (Å²) in [5.74, 6) is -1.13. The molecule has 1 aromatic heterocycles. The molecule has 0 bridgehead atoms. The number of ether oxygens (including phenoxy) is 1. The normalized spacial score (nSPS) is 16.5. The number of fused-ring (bicyclic) bond motifs is 3. The number of halogens is 1. The molecular formula is C13H9FO2S. The van der Waals surface area contributed by atoms with Gasteiger partial charge in [0.05, 0.1) is 7.11 Å². The number of methoxy groups -OCH3 is 1. The molecule has 2 nitrogen and oxygen atoms in total. The summed E-state index contributed by atoms with van der Waals surface area (Å²) in [7, 11) is 1.35. The maximum atomic E-state index is 13.3. The Hall–Kier alpha value is -1.68. The van der Waals surface area contributed by atoms with Crippen molar-refractivity contribution >= 4 is 17.3 Å². The smallest absolute Gasteiger partial charge is 0.318 e. The van der Waals surface area contributed by atoms with Crippen molar-refractivity contribution < 1.29 is 13.9 Å². The molecule has 0 spiro atoms. The van der Waals surface area contributed by atoms with E-state index >= 15 is 0 Å². The predicted octanol–water partition coefficient (Wildman–Crippen LogP) is 3.17. The second-order valence-corrected chi connectivity index (χ2v) is 4.83. The molecule has 1 unspecified atom stereocenters. The molecule has 0 amide bonds. The van der Waals surface area contributed by atoms with Gasteiger partial charge in [0.15, 0.2) is 0 Å². The summed E-state index contributed by atoms with van der Waals surface area (Å²) in [5.41, 5.74) is 2.65. The van der Waals surface area contributed by atoms with E-state index in [9.17, 15) is 9.18 Å². The van der Waals surface area contributed by atoms with Crippen LogP contribution in [0.15, 0.2) is 29.6 Å². The number of benzene rings is 1. The van der Waals surface area contributed by atoms with E-state index in [1.165, 1.54) is 30.6 Å². The number of rotatable bonds is 1. The van der Waals surface area contributed by atoms with Crippen LogP contribution in [0.2, 0.25) is 0 Å². The first-order chi connectivity index (χ1) is 8.22. The van der Waals surface area contributed by atoms with Crippen molar-refractivity contribution in [1.29, 1.82) is 0 Å². The van der Waals surface area contributed by atoms with Crippen LogP contribution in [0.4, 0.5) is 4.39 Å². The molecule has 1 aromatic carbocycles.